The van der Waals surface area contributed by atoms with Crippen molar-refractivity contribution < 1.29 is 39.6 Å². The van der Waals surface area contributed by atoms with E-state index in [0.29, 0.717) is 0 Å². The molecule has 0 aliphatic carbocycles. The van der Waals surface area contributed by atoms with Crippen molar-refractivity contribution >= 4 is 23.9 Å². The zero-order valence-electron chi connectivity index (χ0n) is 11.1. The number of hydrogen-bond acceptors (Lipinski definition) is 6. The van der Waals surface area contributed by atoms with Crippen LogP contribution in [0.2, 0.25) is 0 Å². The first-order valence-electron chi connectivity index (χ1n) is 6.03. The fraction of sp³-hybridized carbons (Fsp3) is 0.636. The summed E-state index contributed by atoms with van der Waals surface area (Å²) in [5.74, 6) is -5.65. The molecule has 0 aromatic carbocycles. The molecule has 120 valence electrons. The van der Waals surface area contributed by atoms with Crippen LogP contribution in [0, 0.1) is 5.92 Å². The second kappa shape index (κ2) is 9.66. The number of rotatable bonds is 12. The van der Waals surface area contributed by atoms with Gasteiger partial charge in [0.25, 0.3) is 0 Å². The van der Waals surface area contributed by atoms with Crippen LogP contribution < -0.4 is 10.6 Å². The van der Waals surface area contributed by atoms with E-state index in [-0.39, 0.29) is 6.54 Å². The number of carboxylic acids is 4. The van der Waals surface area contributed by atoms with Gasteiger partial charge < -0.3 is 31.1 Å². The predicted molar refractivity (Wildman–Crippen MR) is 67.9 cm³/mol. The van der Waals surface area contributed by atoms with E-state index < -0.39 is 61.8 Å². The normalized spacial score (nSPS) is 12.0. The van der Waals surface area contributed by atoms with Crippen molar-refractivity contribution in [3.05, 3.63) is 0 Å². The van der Waals surface area contributed by atoms with Crippen molar-refractivity contribution in [1.29, 1.82) is 0 Å². The zero-order chi connectivity index (χ0) is 16.4. The van der Waals surface area contributed by atoms with Gasteiger partial charge in [-0.3, -0.25) is 19.2 Å². The Kier molecular flexibility index (Phi) is 8.65. The predicted octanol–water partition coefficient (Wildman–Crippen LogP) is -1.73. The molecule has 1 unspecified atom stereocenters. The van der Waals surface area contributed by atoms with Gasteiger partial charge in [0.15, 0.2) is 0 Å². The van der Waals surface area contributed by atoms with Gasteiger partial charge in [-0.2, -0.15) is 0 Å². The maximum atomic E-state index is 10.8. The number of hydrogen-bond donors (Lipinski definition) is 6. The lowest BCUT2D eigenvalue weighted by atomic mass is 9.92. The van der Waals surface area contributed by atoms with Crippen molar-refractivity contribution in [3.8, 4) is 0 Å². The summed E-state index contributed by atoms with van der Waals surface area (Å²) in [6.45, 7) is -0.960. The molecule has 0 aliphatic rings. The summed E-state index contributed by atoms with van der Waals surface area (Å²) in [7, 11) is 0. The average molecular weight is 306 g/mol. The molecule has 6 N–H and O–H groups in total. The Hall–Kier alpha value is -2.20. The number of aliphatic carboxylic acids is 4. The van der Waals surface area contributed by atoms with E-state index in [0.717, 1.165) is 0 Å². The third-order valence-corrected chi connectivity index (χ3v) is 2.60. The van der Waals surface area contributed by atoms with Gasteiger partial charge in [-0.25, -0.2) is 0 Å². The first-order valence-corrected chi connectivity index (χ1v) is 6.03. The SMILES string of the molecule is O=C(O)CNCC(NCC(=O)O)C(CC(=O)O)CC(=O)O. The lowest BCUT2D eigenvalue weighted by Gasteiger charge is -2.25. The molecule has 0 heterocycles. The van der Waals surface area contributed by atoms with E-state index >= 15 is 0 Å². The molecule has 1 atom stereocenters. The Bertz CT molecular complexity index is 382. The minimum Gasteiger partial charge on any atom is -0.481 e. The summed E-state index contributed by atoms with van der Waals surface area (Å²) in [5, 5.41) is 39.7. The molecule has 21 heavy (non-hydrogen) atoms. The van der Waals surface area contributed by atoms with Crippen LogP contribution in [0.1, 0.15) is 12.8 Å². The molecule has 0 aromatic rings. The highest BCUT2D eigenvalue weighted by atomic mass is 16.4. The van der Waals surface area contributed by atoms with E-state index in [4.69, 9.17) is 20.4 Å². The van der Waals surface area contributed by atoms with E-state index in [9.17, 15) is 19.2 Å². The van der Waals surface area contributed by atoms with Crippen molar-refractivity contribution in [3.63, 3.8) is 0 Å². The summed E-state index contributed by atoms with van der Waals surface area (Å²) in [6.07, 6.45) is -0.948. The Balaban J connectivity index is 4.78. The van der Waals surface area contributed by atoms with Gasteiger partial charge in [0, 0.05) is 12.6 Å². The molecule has 0 fully saturated rings. The molecule has 10 nitrogen and oxygen atoms in total. The highest BCUT2D eigenvalue weighted by Crippen LogP contribution is 2.14. The van der Waals surface area contributed by atoms with Crippen molar-refractivity contribution in [2.45, 2.75) is 18.9 Å². The van der Waals surface area contributed by atoms with E-state index in [1.165, 1.54) is 0 Å². The lowest BCUT2D eigenvalue weighted by Crippen LogP contribution is -2.47. The molecule has 0 spiro atoms. The maximum absolute atomic E-state index is 10.8. The van der Waals surface area contributed by atoms with Crippen LogP contribution in [0.4, 0.5) is 0 Å². The summed E-state index contributed by atoms with van der Waals surface area (Å²) in [6, 6.07) is -0.798. The summed E-state index contributed by atoms with van der Waals surface area (Å²) in [4.78, 5) is 42.5. The van der Waals surface area contributed by atoms with Crippen LogP contribution in [0.15, 0.2) is 0 Å². The quantitative estimate of drug-likeness (QED) is 0.243. The van der Waals surface area contributed by atoms with Crippen molar-refractivity contribution in [1.82, 2.24) is 10.6 Å². The summed E-state index contributed by atoms with van der Waals surface area (Å²) in [5.41, 5.74) is 0. The van der Waals surface area contributed by atoms with Gasteiger partial charge in [0.05, 0.1) is 25.9 Å². The van der Waals surface area contributed by atoms with Crippen LogP contribution >= 0.6 is 0 Å². The fourth-order valence-electron chi connectivity index (χ4n) is 1.76. The Morgan fingerprint density at radius 1 is 0.762 bits per heavy atom. The Morgan fingerprint density at radius 3 is 1.62 bits per heavy atom. The molecule has 0 bridgehead atoms. The average Bonchev–Trinajstić information content (AvgIpc) is 2.30. The molecule has 0 aromatic heterocycles. The molecule has 0 saturated carbocycles. The number of nitrogens with one attached hydrogen (secondary N) is 2. The highest BCUT2D eigenvalue weighted by molar-refractivity contribution is 5.71. The largest absolute Gasteiger partial charge is 0.481 e. The Morgan fingerprint density at radius 2 is 1.24 bits per heavy atom. The molecule has 10 heteroatoms. The van der Waals surface area contributed by atoms with Crippen LogP contribution in [0.3, 0.4) is 0 Å². The van der Waals surface area contributed by atoms with Crippen molar-refractivity contribution in [2.75, 3.05) is 19.6 Å². The molecule has 0 aliphatic heterocycles. The van der Waals surface area contributed by atoms with Crippen molar-refractivity contribution in [2.24, 2.45) is 5.92 Å². The Labute approximate surface area is 119 Å². The lowest BCUT2D eigenvalue weighted by molar-refractivity contribution is -0.141. The molecule has 0 amide bonds. The van der Waals surface area contributed by atoms with Gasteiger partial charge in [0.2, 0.25) is 0 Å². The second-order valence-corrected chi connectivity index (χ2v) is 4.36. The third kappa shape index (κ3) is 10.3. The second-order valence-electron chi connectivity index (χ2n) is 4.36. The van der Waals surface area contributed by atoms with Crippen LogP contribution in [-0.2, 0) is 19.2 Å². The smallest absolute Gasteiger partial charge is 0.317 e. The molecule has 0 saturated heterocycles. The number of carboxylic acid groups (broad SMARTS) is 4. The topological polar surface area (TPSA) is 173 Å². The van der Waals surface area contributed by atoms with E-state index in [2.05, 4.69) is 10.6 Å². The summed E-state index contributed by atoms with van der Waals surface area (Å²) < 4.78 is 0. The monoisotopic (exact) mass is 306 g/mol. The maximum Gasteiger partial charge on any atom is 0.317 e. The fourth-order valence-corrected chi connectivity index (χ4v) is 1.76. The van der Waals surface area contributed by atoms with E-state index in [1.54, 1.807) is 0 Å². The van der Waals surface area contributed by atoms with Gasteiger partial charge >= 0.3 is 23.9 Å². The molecule has 0 rings (SSSR count). The highest BCUT2D eigenvalue weighted by Gasteiger charge is 2.26. The van der Waals surface area contributed by atoms with Gasteiger partial charge in [-0.15, -0.1) is 0 Å². The van der Waals surface area contributed by atoms with Gasteiger partial charge in [-0.1, -0.05) is 0 Å². The van der Waals surface area contributed by atoms with Gasteiger partial charge in [0.1, 0.15) is 0 Å². The van der Waals surface area contributed by atoms with Crippen LogP contribution in [0.5, 0.6) is 0 Å². The van der Waals surface area contributed by atoms with Crippen LogP contribution in [0.25, 0.3) is 0 Å². The third-order valence-electron chi connectivity index (χ3n) is 2.60. The molecular weight excluding hydrogens is 288 g/mol. The minimum absolute atomic E-state index is 0.0647. The minimum atomic E-state index is -1.22. The first-order chi connectivity index (χ1) is 9.72. The van der Waals surface area contributed by atoms with E-state index in [1.807, 2.05) is 0 Å². The van der Waals surface area contributed by atoms with Crippen LogP contribution in [-0.4, -0.2) is 70.0 Å². The van der Waals surface area contributed by atoms with Gasteiger partial charge in [-0.05, 0) is 5.92 Å². The summed E-state index contributed by atoms with van der Waals surface area (Å²) >= 11 is 0. The number of carbonyl (C=O) groups is 4. The molecule has 0 radical (unpaired) electrons. The standard InChI is InChI=1S/C11H18N2O8/c14-8(15)1-6(2-9(16)17)7(13-5-11(20)21)3-12-4-10(18)19/h6-7,12-13H,1-5H2,(H,14,15)(H,16,17)(H,18,19)(H,20,21). The molecular formula is C11H18N2O8. The zero-order valence-corrected chi connectivity index (χ0v) is 11.1. The first kappa shape index (κ1) is 18.8.